The number of nitrogens with one attached hydrogen (secondary N) is 1. The minimum absolute atomic E-state index is 0.416. The van der Waals surface area contributed by atoms with Crippen molar-refractivity contribution >= 4 is 5.95 Å². The van der Waals surface area contributed by atoms with Gasteiger partial charge in [-0.15, -0.1) is 4.98 Å². The molecule has 1 aromatic heterocycles. The van der Waals surface area contributed by atoms with Gasteiger partial charge in [-0.05, 0) is 12.8 Å². The van der Waals surface area contributed by atoms with E-state index in [4.69, 9.17) is 0 Å². The van der Waals surface area contributed by atoms with E-state index in [-0.39, 0.29) is 0 Å². The average molecular weight is 510 g/mol. The Balaban J connectivity index is 2.44. The topological polar surface area (TPSA) is 69.2 Å². The van der Waals surface area contributed by atoms with Crippen molar-refractivity contribution < 1.29 is 62.2 Å². The third kappa shape index (κ3) is 7.83. The molecule has 0 atom stereocenters. The summed E-state index contributed by atoms with van der Waals surface area (Å²) in [4.78, 5) is 8.91. The highest BCUT2D eigenvalue weighted by atomic mass is 19.4. The van der Waals surface area contributed by atoms with Crippen LogP contribution in [0.15, 0.2) is 0 Å². The molecule has 2 rings (SSSR count). The molecule has 190 valence electrons. The van der Waals surface area contributed by atoms with Crippen LogP contribution in [0.5, 0.6) is 12.0 Å². The van der Waals surface area contributed by atoms with Gasteiger partial charge in [-0.25, -0.2) is 0 Å². The smallest absolute Gasteiger partial charge is 0.434 e. The van der Waals surface area contributed by atoms with Gasteiger partial charge < -0.3 is 14.8 Å². The van der Waals surface area contributed by atoms with Gasteiger partial charge in [0.05, 0.1) is 0 Å². The summed E-state index contributed by atoms with van der Waals surface area (Å²) in [5, 5.41) is 2.42. The first kappa shape index (κ1) is 26.8. The van der Waals surface area contributed by atoms with Crippen LogP contribution < -0.4 is 14.8 Å². The molecule has 0 aliphatic heterocycles. The van der Waals surface area contributed by atoms with Crippen molar-refractivity contribution in [2.24, 2.45) is 0 Å². The van der Waals surface area contributed by atoms with Crippen LogP contribution in [-0.4, -0.2) is 57.9 Å². The molecule has 0 radical (unpaired) electrons. The Morgan fingerprint density at radius 1 is 0.606 bits per heavy atom. The Morgan fingerprint density at radius 2 is 0.970 bits per heavy atom. The Morgan fingerprint density at radius 3 is 1.30 bits per heavy atom. The van der Waals surface area contributed by atoms with E-state index < -0.39 is 60.9 Å². The van der Waals surface area contributed by atoms with Crippen LogP contribution in [-0.2, 0) is 0 Å². The highest BCUT2D eigenvalue weighted by Gasteiger charge is 2.61. The van der Waals surface area contributed by atoms with Crippen molar-refractivity contribution in [2.45, 2.75) is 75.1 Å². The summed E-state index contributed by atoms with van der Waals surface area (Å²) in [7, 11) is 0. The largest absolute Gasteiger partial charge is 0.440 e. The van der Waals surface area contributed by atoms with Gasteiger partial charge in [0.25, 0.3) is 12.2 Å². The third-order valence-corrected chi connectivity index (χ3v) is 4.17. The second-order valence-corrected chi connectivity index (χ2v) is 6.87. The maximum Gasteiger partial charge on any atom is 0.434 e. The van der Waals surface area contributed by atoms with Gasteiger partial charge in [-0.1, -0.05) is 19.3 Å². The molecule has 0 spiro atoms. The molecule has 1 fully saturated rings. The Bertz CT molecular complexity index is 707. The van der Waals surface area contributed by atoms with Gasteiger partial charge >= 0.3 is 36.7 Å². The molecule has 0 aromatic carbocycles. The molecule has 1 aliphatic rings. The monoisotopic (exact) mass is 510 g/mol. The van der Waals surface area contributed by atoms with Gasteiger partial charge in [-0.3, -0.25) is 0 Å². The summed E-state index contributed by atoms with van der Waals surface area (Å²) in [6.07, 6.45) is -30.4. The molecule has 33 heavy (non-hydrogen) atoms. The molecule has 1 aliphatic carbocycles. The second-order valence-electron chi connectivity index (χ2n) is 6.87. The van der Waals surface area contributed by atoms with Crippen molar-refractivity contribution in [3.8, 4) is 12.0 Å². The zero-order chi connectivity index (χ0) is 25.2. The van der Waals surface area contributed by atoms with Crippen molar-refractivity contribution in [2.75, 3.05) is 5.32 Å². The van der Waals surface area contributed by atoms with Crippen LogP contribution in [0.3, 0.4) is 0 Å². The number of anilines is 1. The van der Waals surface area contributed by atoms with Crippen LogP contribution in [0.25, 0.3) is 0 Å². The van der Waals surface area contributed by atoms with E-state index >= 15 is 0 Å². The maximum atomic E-state index is 12.7. The number of aromatic nitrogens is 3. The summed E-state index contributed by atoms with van der Waals surface area (Å²) in [5.41, 5.74) is 0. The quantitative estimate of drug-likeness (QED) is 0.520. The number of ether oxygens (including phenoxy) is 2. The summed E-state index contributed by atoms with van der Waals surface area (Å²) >= 11 is 0. The molecule has 6 nitrogen and oxygen atoms in total. The first-order valence-corrected chi connectivity index (χ1v) is 9.00. The lowest BCUT2D eigenvalue weighted by Gasteiger charge is -2.25. The van der Waals surface area contributed by atoms with E-state index in [0.717, 1.165) is 6.42 Å². The molecule has 0 saturated heterocycles. The fourth-order valence-electron chi connectivity index (χ4n) is 2.79. The molecule has 1 N–H and O–H groups in total. The second kappa shape index (κ2) is 9.44. The lowest BCUT2D eigenvalue weighted by Crippen LogP contribution is -2.47. The molecule has 0 bridgehead atoms. The molecule has 18 heteroatoms. The van der Waals surface area contributed by atoms with Crippen molar-refractivity contribution in [1.29, 1.82) is 0 Å². The zero-order valence-corrected chi connectivity index (χ0v) is 16.0. The predicted molar refractivity (Wildman–Crippen MR) is 83.4 cm³/mol. The average Bonchev–Trinajstić information content (AvgIpc) is 2.61. The van der Waals surface area contributed by atoms with Crippen LogP contribution >= 0.6 is 0 Å². The number of halogens is 12. The van der Waals surface area contributed by atoms with E-state index in [1.165, 1.54) is 0 Å². The molecule has 1 aromatic rings. The normalized spacial score (nSPS) is 16.9. The molecule has 1 saturated carbocycles. The molecule has 1 heterocycles. The van der Waals surface area contributed by atoms with E-state index in [0.29, 0.717) is 25.7 Å². The maximum absolute atomic E-state index is 12.7. The molecule has 0 unspecified atom stereocenters. The van der Waals surface area contributed by atoms with Gasteiger partial charge in [-0.2, -0.15) is 62.7 Å². The Labute approximate surface area is 176 Å². The van der Waals surface area contributed by atoms with Gasteiger partial charge in [0.2, 0.25) is 5.95 Å². The lowest BCUT2D eigenvalue weighted by atomic mass is 9.96. The van der Waals surface area contributed by atoms with E-state index in [2.05, 4.69) is 29.7 Å². The van der Waals surface area contributed by atoms with E-state index in [9.17, 15) is 52.7 Å². The summed E-state index contributed by atoms with van der Waals surface area (Å²) in [6, 6.07) is -4.20. The number of hydrogen-bond acceptors (Lipinski definition) is 6. The van der Waals surface area contributed by atoms with Gasteiger partial charge in [0.1, 0.15) is 0 Å². The zero-order valence-electron chi connectivity index (χ0n) is 16.0. The summed E-state index contributed by atoms with van der Waals surface area (Å²) < 4.78 is 160. The van der Waals surface area contributed by atoms with Crippen LogP contribution in [0, 0.1) is 0 Å². The van der Waals surface area contributed by atoms with Crippen LogP contribution in [0.1, 0.15) is 32.1 Å². The Kier molecular flexibility index (Phi) is 7.67. The number of nitrogens with zero attached hydrogens (tertiary/aromatic N) is 3. The first-order valence-electron chi connectivity index (χ1n) is 9.00. The predicted octanol–water partition coefficient (Wildman–Crippen LogP) is 5.36. The van der Waals surface area contributed by atoms with Gasteiger partial charge in [0.15, 0.2) is 0 Å². The van der Waals surface area contributed by atoms with Crippen LogP contribution in [0.4, 0.5) is 58.6 Å². The van der Waals surface area contributed by atoms with E-state index in [1.54, 1.807) is 0 Å². The number of hydrogen-bond donors (Lipinski definition) is 1. The van der Waals surface area contributed by atoms with Crippen LogP contribution in [0.2, 0.25) is 0 Å². The van der Waals surface area contributed by atoms with Crippen molar-refractivity contribution in [1.82, 2.24) is 15.0 Å². The molecular formula is C15H14F12N4O2. The fraction of sp³-hybridized carbons (Fsp3) is 0.800. The summed E-state index contributed by atoms with van der Waals surface area (Å²) in [6.45, 7) is 0. The third-order valence-electron chi connectivity index (χ3n) is 4.17. The highest BCUT2D eigenvalue weighted by molar-refractivity contribution is 5.29. The summed E-state index contributed by atoms with van der Waals surface area (Å²) in [5.74, 6) is -0.923. The molecular weight excluding hydrogens is 496 g/mol. The van der Waals surface area contributed by atoms with Crippen molar-refractivity contribution in [3.05, 3.63) is 0 Å². The lowest BCUT2D eigenvalue weighted by molar-refractivity contribution is -0.302. The van der Waals surface area contributed by atoms with Crippen molar-refractivity contribution in [3.63, 3.8) is 0 Å². The Hall–Kier alpha value is -2.43. The number of alkyl halides is 12. The SMILES string of the molecule is FC(F)(F)C(Oc1nc(NC2CCCCC2)nc(OC(C(F)(F)F)C(F)(F)F)n1)C(F)(F)F. The van der Waals surface area contributed by atoms with Gasteiger partial charge in [0, 0.05) is 6.04 Å². The highest BCUT2D eigenvalue weighted by Crippen LogP contribution is 2.38. The molecule has 0 amide bonds. The van der Waals surface area contributed by atoms with E-state index in [1.807, 2.05) is 0 Å². The minimum atomic E-state index is -6.07. The standard InChI is InChI=1S/C15H14F12N4O2/c16-12(17,18)7(13(19,20)21)32-10-29-9(28-6-4-2-1-3-5-6)30-11(31-10)33-8(14(22,23)24)15(25,26)27/h6-8H,1-5H2,(H,28,29,30,31). The minimum Gasteiger partial charge on any atom is -0.440 e. The fourth-order valence-corrected chi connectivity index (χ4v) is 2.79. The number of rotatable bonds is 6. The first-order chi connectivity index (χ1) is 14.9.